The Labute approximate surface area is 154 Å². The standard InChI is InChI=1S/C20H17FN6/c21-18-7-19-14(12-26(25-19)15-4-2-1-3-5-15)6-16(18)17-10-24-27-11-13(8-22)9-23-20(17)27/h6-7,9-12,15H,1-5H2. The van der Waals surface area contributed by atoms with E-state index in [-0.39, 0.29) is 5.82 Å². The number of nitrogens with zero attached hydrogens (tertiary/aromatic N) is 6. The zero-order valence-electron chi connectivity index (χ0n) is 14.6. The van der Waals surface area contributed by atoms with Crippen LogP contribution in [0.1, 0.15) is 43.7 Å². The second-order valence-corrected chi connectivity index (χ2v) is 7.07. The van der Waals surface area contributed by atoms with Crippen LogP contribution in [0.4, 0.5) is 4.39 Å². The third kappa shape index (κ3) is 2.65. The highest BCUT2D eigenvalue weighted by Crippen LogP contribution is 2.32. The minimum atomic E-state index is -0.350. The van der Waals surface area contributed by atoms with E-state index in [1.165, 1.54) is 36.0 Å². The zero-order valence-corrected chi connectivity index (χ0v) is 14.6. The van der Waals surface area contributed by atoms with E-state index < -0.39 is 0 Å². The fraction of sp³-hybridized carbons (Fsp3) is 0.300. The Morgan fingerprint density at radius 3 is 2.74 bits per heavy atom. The van der Waals surface area contributed by atoms with Crippen molar-refractivity contribution in [1.82, 2.24) is 24.4 Å². The summed E-state index contributed by atoms with van der Waals surface area (Å²) in [7, 11) is 0. The monoisotopic (exact) mass is 360 g/mol. The number of hydrogen-bond donors (Lipinski definition) is 0. The van der Waals surface area contributed by atoms with Crippen LogP contribution in [0.5, 0.6) is 0 Å². The molecule has 0 aliphatic heterocycles. The molecule has 1 aromatic carbocycles. The first kappa shape index (κ1) is 15.9. The van der Waals surface area contributed by atoms with E-state index in [4.69, 9.17) is 5.26 Å². The molecule has 0 unspecified atom stereocenters. The molecule has 0 atom stereocenters. The van der Waals surface area contributed by atoms with E-state index >= 15 is 0 Å². The molecular formula is C20H17FN6. The van der Waals surface area contributed by atoms with Crippen LogP contribution in [0.2, 0.25) is 0 Å². The number of hydrogen-bond acceptors (Lipinski definition) is 4. The van der Waals surface area contributed by atoms with Gasteiger partial charge in [-0.15, -0.1) is 0 Å². The molecule has 7 heteroatoms. The molecule has 3 aromatic heterocycles. The van der Waals surface area contributed by atoms with Crippen LogP contribution in [-0.4, -0.2) is 24.4 Å². The number of fused-ring (bicyclic) bond motifs is 2. The third-order valence-electron chi connectivity index (χ3n) is 5.34. The Morgan fingerprint density at radius 2 is 1.93 bits per heavy atom. The number of aromatic nitrogens is 5. The van der Waals surface area contributed by atoms with Gasteiger partial charge in [0, 0.05) is 35.0 Å². The SMILES string of the molecule is N#Cc1cnc2c(-c3cc4cn(C5CCCCC5)nc4cc3F)cnn2c1. The fourth-order valence-corrected chi connectivity index (χ4v) is 3.93. The maximum absolute atomic E-state index is 14.8. The molecule has 0 bridgehead atoms. The van der Waals surface area contributed by atoms with Gasteiger partial charge in [-0.05, 0) is 18.9 Å². The first-order valence-corrected chi connectivity index (χ1v) is 9.15. The van der Waals surface area contributed by atoms with E-state index in [1.807, 2.05) is 23.0 Å². The fourth-order valence-electron chi connectivity index (χ4n) is 3.93. The van der Waals surface area contributed by atoms with Crippen LogP contribution < -0.4 is 0 Å². The molecule has 1 fully saturated rings. The zero-order chi connectivity index (χ0) is 18.4. The van der Waals surface area contributed by atoms with Crippen molar-refractivity contribution in [2.24, 2.45) is 0 Å². The van der Waals surface area contributed by atoms with Crippen LogP contribution in [0.25, 0.3) is 27.7 Å². The molecule has 1 aliphatic rings. The summed E-state index contributed by atoms with van der Waals surface area (Å²) < 4.78 is 18.3. The topological polar surface area (TPSA) is 71.8 Å². The van der Waals surface area contributed by atoms with Gasteiger partial charge in [-0.3, -0.25) is 4.68 Å². The number of rotatable bonds is 2. The molecule has 0 amide bonds. The summed E-state index contributed by atoms with van der Waals surface area (Å²) in [4.78, 5) is 4.28. The molecule has 3 heterocycles. The van der Waals surface area contributed by atoms with Gasteiger partial charge in [0.25, 0.3) is 0 Å². The maximum Gasteiger partial charge on any atom is 0.162 e. The van der Waals surface area contributed by atoms with Gasteiger partial charge in [0.05, 0.1) is 29.5 Å². The highest BCUT2D eigenvalue weighted by molar-refractivity contribution is 5.87. The summed E-state index contributed by atoms with van der Waals surface area (Å²) in [6.07, 6.45) is 12.6. The Morgan fingerprint density at radius 1 is 1.07 bits per heavy atom. The summed E-state index contributed by atoms with van der Waals surface area (Å²) in [6.45, 7) is 0. The van der Waals surface area contributed by atoms with Crippen molar-refractivity contribution in [2.75, 3.05) is 0 Å². The third-order valence-corrected chi connectivity index (χ3v) is 5.34. The molecule has 0 saturated heterocycles. The summed E-state index contributed by atoms with van der Waals surface area (Å²) in [5, 5.41) is 18.7. The van der Waals surface area contributed by atoms with E-state index in [1.54, 1.807) is 12.4 Å². The molecule has 1 saturated carbocycles. The Hall–Kier alpha value is -3.27. The minimum Gasteiger partial charge on any atom is -0.268 e. The molecule has 0 N–H and O–H groups in total. The molecular weight excluding hydrogens is 343 g/mol. The van der Waals surface area contributed by atoms with Crippen molar-refractivity contribution < 1.29 is 4.39 Å². The highest BCUT2D eigenvalue weighted by Gasteiger charge is 2.19. The average molecular weight is 360 g/mol. The van der Waals surface area contributed by atoms with Gasteiger partial charge in [-0.25, -0.2) is 13.9 Å². The lowest BCUT2D eigenvalue weighted by molar-refractivity contribution is 0.331. The predicted octanol–water partition coefficient (Wildman–Crippen LogP) is 4.26. The molecule has 0 spiro atoms. The summed E-state index contributed by atoms with van der Waals surface area (Å²) >= 11 is 0. The van der Waals surface area contributed by atoms with Crippen LogP contribution >= 0.6 is 0 Å². The molecule has 0 radical (unpaired) electrons. The quantitative estimate of drug-likeness (QED) is 0.535. The van der Waals surface area contributed by atoms with Gasteiger partial charge >= 0.3 is 0 Å². The lowest BCUT2D eigenvalue weighted by Gasteiger charge is -2.21. The van der Waals surface area contributed by atoms with Crippen LogP contribution in [0.3, 0.4) is 0 Å². The lowest BCUT2D eigenvalue weighted by atomic mass is 9.96. The smallest absolute Gasteiger partial charge is 0.162 e. The van der Waals surface area contributed by atoms with E-state index in [2.05, 4.69) is 15.2 Å². The molecule has 27 heavy (non-hydrogen) atoms. The second-order valence-electron chi connectivity index (χ2n) is 7.07. The van der Waals surface area contributed by atoms with E-state index in [0.717, 1.165) is 18.2 Å². The van der Waals surface area contributed by atoms with Crippen molar-refractivity contribution in [3.05, 3.63) is 48.3 Å². The minimum absolute atomic E-state index is 0.350. The van der Waals surface area contributed by atoms with Gasteiger partial charge in [0.1, 0.15) is 11.9 Å². The van der Waals surface area contributed by atoms with Crippen molar-refractivity contribution in [3.8, 4) is 17.2 Å². The Balaban J connectivity index is 1.61. The van der Waals surface area contributed by atoms with Crippen molar-refractivity contribution >= 4 is 16.6 Å². The molecule has 6 nitrogen and oxygen atoms in total. The average Bonchev–Trinajstić information content (AvgIpc) is 3.31. The largest absolute Gasteiger partial charge is 0.268 e. The second kappa shape index (κ2) is 6.16. The van der Waals surface area contributed by atoms with Crippen LogP contribution in [0, 0.1) is 17.1 Å². The highest BCUT2D eigenvalue weighted by atomic mass is 19.1. The summed E-state index contributed by atoms with van der Waals surface area (Å²) in [6, 6.07) is 5.73. The maximum atomic E-state index is 14.8. The number of nitriles is 1. The van der Waals surface area contributed by atoms with E-state index in [9.17, 15) is 4.39 Å². The normalized spacial score (nSPS) is 15.4. The molecule has 4 aromatic rings. The number of halogens is 1. The Bertz CT molecular complexity index is 1190. The van der Waals surface area contributed by atoms with Crippen LogP contribution in [0.15, 0.2) is 36.9 Å². The first-order chi connectivity index (χ1) is 13.2. The molecule has 5 rings (SSSR count). The van der Waals surface area contributed by atoms with Crippen LogP contribution in [-0.2, 0) is 0 Å². The molecule has 1 aliphatic carbocycles. The first-order valence-electron chi connectivity index (χ1n) is 9.15. The number of benzene rings is 1. The lowest BCUT2D eigenvalue weighted by Crippen LogP contribution is -2.12. The molecule has 134 valence electrons. The predicted molar refractivity (Wildman–Crippen MR) is 98.5 cm³/mol. The van der Waals surface area contributed by atoms with Gasteiger partial charge < -0.3 is 0 Å². The van der Waals surface area contributed by atoms with Crippen molar-refractivity contribution in [2.45, 2.75) is 38.1 Å². The van der Waals surface area contributed by atoms with Crippen molar-refractivity contribution in [1.29, 1.82) is 5.26 Å². The summed E-state index contributed by atoms with van der Waals surface area (Å²) in [5.74, 6) is -0.350. The Kier molecular flexibility index (Phi) is 3.64. The van der Waals surface area contributed by atoms with Gasteiger partial charge in [0.15, 0.2) is 5.65 Å². The van der Waals surface area contributed by atoms with Gasteiger partial charge in [-0.2, -0.15) is 15.5 Å². The van der Waals surface area contributed by atoms with Gasteiger partial charge in [0.2, 0.25) is 0 Å². The summed E-state index contributed by atoms with van der Waals surface area (Å²) in [5.41, 5.74) is 2.63. The van der Waals surface area contributed by atoms with E-state index in [0.29, 0.717) is 33.9 Å². The van der Waals surface area contributed by atoms with Gasteiger partial charge in [-0.1, -0.05) is 19.3 Å². The van der Waals surface area contributed by atoms with Crippen molar-refractivity contribution in [3.63, 3.8) is 0 Å².